The van der Waals surface area contributed by atoms with E-state index in [-0.39, 0.29) is 36.0 Å². The van der Waals surface area contributed by atoms with Gasteiger partial charge in [-0.3, -0.25) is 0 Å². The van der Waals surface area contributed by atoms with Crippen molar-refractivity contribution in [3.8, 4) is 28.6 Å². The third-order valence-electron chi connectivity index (χ3n) is 4.58. The molecule has 0 aliphatic heterocycles. The van der Waals surface area contributed by atoms with Gasteiger partial charge in [0.15, 0.2) is 0 Å². The van der Waals surface area contributed by atoms with Gasteiger partial charge in [0.1, 0.15) is 5.75 Å². The van der Waals surface area contributed by atoms with Crippen LogP contribution in [-0.4, -0.2) is 22.7 Å². The molecule has 1 aliphatic rings. The third-order valence-corrected chi connectivity index (χ3v) is 4.58. The molecule has 0 unspecified atom stereocenters. The lowest BCUT2D eigenvalue weighted by molar-refractivity contribution is 0.244. The Balaban J connectivity index is 1.72. The second kappa shape index (κ2) is 8.68. The zero-order valence-electron chi connectivity index (χ0n) is 23.0. The third kappa shape index (κ3) is 3.94. The van der Waals surface area contributed by atoms with E-state index in [0.717, 1.165) is 0 Å². The summed E-state index contributed by atoms with van der Waals surface area (Å²) in [6.07, 6.45) is -3.36. The number of hydrogen-bond donors (Lipinski definition) is 1. The van der Waals surface area contributed by atoms with Gasteiger partial charge in [0, 0.05) is 22.6 Å². The molecule has 6 nitrogen and oxygen atoms in total. The summed E-state index contributed by atoms with van der Waals surface area (Å²) in [5.41, 5.74) is 1.98. The summed E-state index contributed by atoms with van der Waals surface area (Å²) in [4.78, 5) is 7.93. The number of benzene rings is 2. The molecule has 0 bridgehead atoms. The highest BCUT2D eigenvalue weighted by Crippen LogP contribution is 2.38. The molecule has 4 rings (SSSR count). The SMILES string of the molecule is [2H]C([2H])(CC)N[C@]1([2H])c2cccc(-c3noc(-c4ccc(OC([2H])(C)C)c([N+]#[C-])c4)n3)c2CC1([2H])[2H]. The average Bonchev–Trinajstić information content (AvgIpc) is 3.34. The Morgan fingerprint density at radius 2 is 2.33 bits per heavy atom. The molecule has 0 saturated carbocycles. The van der Waals surface area contributed by atoms with Crippen molar-refractivity contribution >= 4 is 5.69 Å². The highest BCUT2D eigenvalue weighted by atomic mass is 16.5. The van der Waals surface area contributed by atoms with Crippen molar-refractivity contribution in [2.45, 2.75) is 52.1 Å². The van der Waals surface area contributed by atoms with Crippen molar-refractivity contribution in [2.75, 3.05) is 6.50 Å². The Bertz CT molecular complexity index is 1350. The zero-order valence-corrected chi connectivity index (χ0v) is 17.0. The largest absolute Gasteiger partial charge is 0.502 e. The Labute approximate surface area is 185 Å². The molecule has 0 saturated heterocycles. The number of aromatic nitrogens is 2. The van der Waals surface area contributed by atoms with Gasteiger partial charge in [0.2, 0.25) is 11.5 Å². The Morgan fingerprint density at radius 1 is 1.47 bits per heavy atom. The molecule has 30 heavy (non-hydrogen) atoms. The molecule has 1 heterocycles. The molecular formula is C24H26N4O2. The van der Waals surface area contributed by atoms with Crippen LogP contribution in [0.1, 0.15) is 58.9 Å². The van der Waals surface area contributed by atoms with Crippen LogP contribution < -0.4 is 10.1 Å². The summed E-state index contributed by atoms with van der Waals surface area (Å²) in [6, 6.07) is 7.73. The maximum absolute atomic E-state index is 8.91. The quantitative estimate of drug-likeness (QED) is 0.506. The van der Waals surface area contributed by atoms with E-state index in [9.17, 15) is 0 Å². The van der Waals surface area contributed by atoms with Gasteiger partial charge in [0.25, 0.3) is 5.89 Å². The van der Waals surface area contributed by atoms with Crippen LogP contribution >= 0.6 is 0 Å². The number of ether oxygens (including phenoxy) is 1. The zero-order chi connectivity index (χ0) is 26.5. The first kappa shape index (κ1) is 13.9. The van der Waals surface area contributed by atoms with E-state index >= 15 is 0 Å². The van der Waals surface area contributed by atoms with Crippen molar-refractivity contribution in [1.82, 2.24) is 15.5 Å². The van der Waals surface area contributed by atoms with E-state index in [4.69, 9.17) is 24.1 Å². The number of rotatable bonds is 7. The van der Waals surface area contributed by atoms with Gasteiger partial charge in [-0.2, -0.15) is 4.98 Å². The number of nitrogens with zero attached hydrogens (tertiary/aromatic N) is 3. The minimum absolute atomic E-state index is 0.0721. The number of fused-ring (bicyclic) bond motifs is 1. The highest BCUT2D eigenvalue weighted by molar-refractivity contribution is 5.70. The van der Waals surface area contributed by atoms with E-state index in [1.807, 2.05) is 0 Å². The molecule has 1 aromatic heterocycles. The van der Waals surface area contributed by atoms with Crippen LogP contribution in [0.4, 0.5) is 5.69 Å². The van der Waals surface area contributed by atoms with E-state index in [1.54, 1.807) is 51.1 Å². The van der Waals surface area contributed by atoms with Gasteiger partial charge in [0.05, 0.1) is 15.4 Å². The number of nitrogens with one attached hydrogen (secondary N) is 1. The summed E-state index contributed by atoms with van der Waals surface area (Å²) < 4.78 is 61.0. The fraction of sp³-hybridized carbons (Fsp3) is 0.375. The molecule has 0 radical (unpaired) electrons. The maximum Gasteiger partial charge on any atom is 0.256 e. The van der Waals surface area contributed by atoms with Crippen molar-refractivity contribution in [2.24, 2.45) is 0 Å². The molecule has 2 aromatic carbocycles. The smallest absolute Gasteiger partial charge is 0.256 e. The first-order valence-electron chi connectivity index (χ1n) is 12.7. The van der Waals surface area contributed by atoms with Crippen LogP contribution in [0.5, 0.6) is 5.75 Å². The summed E-state index contributed by atoms with van der Waals surface area (Å²) >= 11 is 0. The molecule has 6 heteroatoms. The van der Waals surface area contributed by atoms with E-state index < -0.39 is 25.0 Å². The van der Waals surface area contributed by atoms with E-state index in [2.05, 4.69) is 20.3 Å². The monoisotopic (exact) mass is 408 g/mol. The fourth-order valence-electron chi connectivity index (χ4n) is 3.28. The van der Waals surface area contributed by atoms with Crippen molar-refractivity contribution in [3.05, 3.63) is 58.9 Å². The Morgan fingerprint density at radius 3 is 3.10 bits per heavy atom. The van der Waals surface area contributed by atoms with Gasteiger partial charge in [-0.1, -0.05) is 30.3 Å². The lowest BCUT2D eigenvalue weighted by atomic mass is 10.0. The van der Waals surface area contributed by atoms with Gasteiger partial charge in [-0.05, 0) is 68.9 Å². The maximum atomic E-state index is 8.91. The van der Waals surface area contributed by atoms with Gasteiger partial charge in [-0.25, -0.2) is 4.85 Å². The lowest BCUT2D eigenvalue weighted by Crippen LogP contribution is -2.19. The topological polar surface area (TPSA) is 64.5 Å². The second-order valence-electron chi connectivity index (χ2n) is 6.94. The highest BCUT2D eigenvalue weighted by Gasteiger charge is 2.26. The Kier molecular flexibility index (Phi) is 4.03. The molecule has 3 aromatic rings. The molecule has 0 fully saturated rings. The van der Waals surface area contributed by atoms with Gasteiger partial charge >= 0.3 is 0 Å². The molecule has 0 spiro atoms. The predicted molar refractivity (Wildman–Crippen MR) is 117 cm³/mol. The molecule has 1 aliphatic carbocycles. The summed E-state index contributed by atoms with van der Waals surface area (Å²) in [6.45, 7) is 10.3. The molecular weight excluding hydrogens is 376 g/mol. The summed E-state index contributed by atoms with van der Waals surface area (Å²) in [5, 5.41) is 6.64. The summed E-state index contributed by atoms with van der Waals surface area (Å²) in [5.74, 6) is 0.600. The van der Waals surface area contributed by atoms with Crippen LogP contribution in [0, 0.1) is 6.57 Å². The fourth-order valence-corrected chi connectivity index (χ4v) is 3.28. The minimum Gasteiger partial charge on any atom is -0.502 e. The molecule has 0 amide bonds. The van der Waals surface area contributed by atoms with Crippen LogP contribution in [0.3, 0.4) is 0 Å². The first-order valence-corrected chi connectivity index (χ1v) is 9.66. The normalized spacial score (nSPS) is 23.1. The van der Waals surface area contributed by atoms with Gasteiger partial charge in [-0.15, -0.1) is 0 Å². The molecule has 1 atom stereocenters. The standard InChI is InChI=1S/C24H26N4O2/c1-5-13-26-20-11-10-17-18(20)7-6-8-19(17)23-27-24(30-28-23)16-9-12-22(29-15(2)3)21(14-16)25-4/h6-9,12,14-15,20,26H,5,10-11,13H2,1-3H3/t20-/m0/s1/i11D2,13D2,15D,20D. The first-order chi connectivity index (χ1) is 16.7. The summed E-state index contributed by atoms with van der Waals surface area (Å²) in [7, 11) is 0. The Hall–Kier alpha value is -3.17. The second-order valence-corrected chi connectivity index (χ2v) is 6.94. The predicted octanol–water partition coefficient (Wildman–Crippen LogP) is 5.73. The number of hydrogen-bond acceptors (Lipinski definition) is 5. The van der Waals surface area contributed by atoms with Crippen LogP contribution in [0.2, 0.25) is 0 Å². The minimum atomic E-state index is -2.09. The van der Waals surface area contributed by atoms with Crippen molar-refractivity contribution < 1.29 is 17.5 Å². The lowest BCUT2D eigenvalue weighted by Gasteiger charge is -2.13. The van der Waals surface area contributed by atoms with Crippen molar-refractivity contribution in [3.63, 3.8) is 0 Å². The van der Waals surface area contributed by atoms with Crippen LogP contribution in [0.25, 0.3) is 27.7 Å². The molecule has 1 N–H and O–H groups in total. The van der Waals surface area contributed by atoms with Crippen LogP contribution in [-0.2, 0) is 6.42 Å². The van der Waals surface area contributed by atoms with Crippen LogP contribution in [0.15, 0.2) is 40.9 Å². The van der Waals surface area contributed by atoms with E-state index in [0.29, 0.717) is 22.3 Å². The average molecular weight is 409 g/mol. The molecule has 154 valence electrons. The van der Waals surface area contributed by atoms with E-state index in [1.165, 1.54) is 6.07 Å². The van der Waals surface area contributed by atoms with Crippen molar-refractivity contribution in [1.29, 1.82) is 0 Å². The van der Waals surface area contributed by atoms with Gasteiger partial charge < -0.3 is 14.6 Å².